The van der Waals surface area contributed by atoms with Gasteiger partial charge < -0.3 is 29.1 Å². The molecule has 0 radical (unpaired) electrons. The molecule has 7 heteroatoms. The van der Waals surface area contributed by atoms with E-state index < -0.39 is 0 Å². The van der Waals surface area contributed by atoms with Gasteiger partial charge in [-0.15, -0.1) is 0 Å². The molecule has 9 aromatic rings. The van der Waals surface area contributed by atoms with Gasteiger partial charge in [0.1, 0.15) is 5.75 Å². The maximum atomic E-state index is 6.76. The number of hydrogen-bond donors (Lipinski definition) is 1. The molecule has 0 amide bonds. The SMILES string of the molecule is Cc1ccc(N2B3c4cc5c(cc4-n4c6ccccc6c6c(N7c8ccccc8Oc8ccccc87)cc(c3c64)-c3ccccc32)NC(c2ccccc2)O5)cc1. The van der Waals surface area contributed by atoms with E-state index >= 15 is 0 Å². The fourth-order valence-corrected chi connectivity index (χ4v) is 9.81. The summed E-state index contributed by atoms with van der Waals surface area (Å²) < 4.78 is 15.8. The minimum absolute atomic E-state index is 0.144. The molecule has 0 saturated carbocycles. The van der Waals surface area contributed by atoms with Crippen LogP contribution in [0.3, 0.4) is 0 Å². The van der Waals surface area contributed by atoms with Crippen LogP contribution in [-0.2, 0) is 0 Å². The Morgan fingerprint density at radius 1 is 0.579 bits per heavy atom. The Balaban J connectivity index is 1.18. The van der Waals surface area contributed by atoms with Crippen LogP contribution in [0.4, 0.5) is 34.1 Å². The maximum Gasteiger partial charge on any atom is 0.333 e. The lowest BCUT2D eigenvalue weighted by Crippen LogP contribution is -2.60. The third-order valence-corrected chi connectivity index (χ3v) is 12.2. The molecule has 4 aliphatic heterocycles. The van der Waals surface area contributed by atoms with Gasteiger partial charge in [-0.05, 0) is 90.1 Å². The van der Waals surface area contributed by atoms with Crippen LogP contribution in [0.1, 0.15) is 17.4 Å². The van der Waals surface area contributed by atoms with Crippen LogP contribution >= 0.6 is 0 Å². The second-order valence-corrected chi connectivity index (χ2v) is 15.4. The summed E-state index contributed by atoms with van der Waals surface area (Å²) in [5.74, 6) is 2.53. The fourth-order valence-electron chi connectivity index (χ4n) is 9.81. The molecule has 57 heavy (non-hydrogen) atoms. The largest absolute Gasteiger partial charge is 0.464 e. The zero-order valence-corrected chi connectivity index (χ0v) is 31.0. The Morgan fingerprint density at radius 3 is 2.05 bits per heavy atom. The summed E-state index contributed by atoms with van der Waals surface area (Å²) in [5, 5.41) is 6.14. The van der Waals surface area contributed by atoms with Crippen molar-refractivity contribution < 1.29 is 9.47 Å². The standard InChI is InChI=1S/C50H33BN4O2/c1-30-23-25-32(26-24-30)55-39-18-8-5-15-33(39)35-27-43(53-40-19-9-11-21-44(40)56-45-22-12-10-20-41(45)53)47-34-16-6-7-17-38(34)54-42-29-37-46(28-36(42)51(55)48(35)49(47)54)57-50(52-37)31-13-3-2-4-14-31/h2-29,50,52H,1H3. The summed E-state index contributed by atoms with van der Waals surface area (Å²) in [6, 6.07) is 61.1. The molecule has 6 nitrogen and oxygen atoms in total. The van der Waals surface area contributed by atoms with Crippen LogP contribution in [0, 0.1) is 6.92 Å². The smallest absolute Gasteiger partial charge is 0.333 e. The zero-order chi connectivity index (χ0) is 37.4. The number of para-hydroxylation sites is 6. The van der Waals surface area contributed by atoms with Crippen LogP contribution < -0.4 is 35.4 Å². The van der Waals surface area contributed by atoms with Crippen molar-refractivity contribution >= 4 is 73.7 Å². The Kier molecular flexibility index (Phi) is 6.15. The minimum atomic E-state index is -0.280. The van der Waals surface area contributed by atoms with Crippen molar-refractivity contribution in [3.8, 4) is 34.1 Å². The highest BCUT2D eigenvalue weighted by Crippen LogP contribution is 2.55. The van der Waals surface area contributed by atoms with Crippen molar-refractivity contribution in [2.75, 3.05) is 15.0 Å². The Bertz CT molecular complexity index is 3110. The fraction of sp³-hybridized carbons (Fsp3) is 0.0400. The van der Waals surface area contributed by atoms with Crippen LogP contribution in [0.25, 0.3) is 38.6 Å². The molecule has 1 atom stereocenters. The van der Waals surface area contributed by atoms with E-state index in [-0.39, 0.29) is 13.1 Å². The summed E-state index contributed by atoms with van der Waals surface area (Å²) in [6.07, 6.45) is -0.280. The van der Waals surface area contributed by atoms with Gasteiger partial charge in [-0.3, -0.25) is 0 Å². The zero-order valence-electron chi connectivity index (χ0n) is 31.0. The molecule has 5 heterocycles. The second kappa shape index (κ2) is 11.3. The molecule has 1 aromatic heterocycles. The number of ether oxygens (including phenoxy) is 2. The van der Waals surface area contributed by atoms with E-state index in [4.69, 9.17) is 9.47 Å². The van der Waals surface area contributed by atoms with Crippen molar-refractivity contribution in [3.05, 3.63) is 181 Å². The molecule has 0 bridgehead atoms. The average molecular weight is 733 g/mol. The van der Waals surface area contributed by atoms with Gasteiger partial charge in [0.05, 0.1) is 33.8 Å². The minimum Gasteiger partial charge on any atom is -0.464 e. The number of nitrogens with one attached hydrogen (secondary N) is 1. The van der Waals surface area contributed by atoms with Crippen molar-refractivity contribution in [1.82, 2.24) is 4.57 Å². The summed E-state index contributed by atoms with van der Waals surface area (Å²) in [5.41, 5.74) is 17.2. The Morgan fingerprint density at radius 2 is 1.26 bits per heavy atom. The normalized spacial score (nSPS) is 15.2. The van der Waals surface area contributed by atoms with Gasteiger partial charge in [-0.25, -0.2) is 0 Å². The first-order valence-corrected chi connectivity index (χ1v) is 19.6. The van der Waals surface area contributed by atoms with Crippen molar-refractivity contribution in [3.63, 3.8) is 0 Å². The molecule has 0 aliphatic carbocycles. The quantitative estimate of drug-likeness (QED) is 0.183. The molecule has 13 rings (SSSR count). The lowest BCUT2D eigenvalue weighted by Gasteiger charge is -2.43. The second-order valence-electron chi connectivity index (χ2n) is 15.4. The van der Waals surface area contributed by atoms with Gasteiger partial charge in [-0.2, -0.15) is 0 Å². The predicted octanol–water partition coefficient (Wildman–Crippen LogP) is 11.4. The first-order valence-electron chi connectivity index (χ1n) is 19.6. The molecule has 268 valence electrons. The Labute approximate surface area is 329 Å². The van der Waals surface area contributed by atoms with E-state index in [2.05, 4.69) is 178 Å². The van der Waals surface area contributed by atoms with Crippen molar-refractivity contribution in [1.29, 1.82) is 0 Å². The lowest BCUT2D eigenvalue weighted by molar-refractivity contribution is 0.260. The first kappa shape index (κ1) is 30.9. The van der Waals surface area contributed by atoms with Crippen molar-refractivity contribution in [2.24, 2.45) is 0 Å². The summed E-state index contributed by atoms with van der Waals surface area (Å²) in [7, 11) is 0. The van der Waals surface area contributed by atoms with E-state index in [1.165, 1.54) is 49.6 Å². The maximum absolute atomic E-state index is 6.76. The van der Waals surface area contributed by atoms with Crippen LogP contribution in [0.2, 0.25) is 0 Å². The van der Waals surface area contributed by atoms with Crippen LogP contribution in [0.5, 0.6) is 17.2 Å². The molecule has 1 unspecified atom stereocenters. The van der Waals surface area contributed by atoms with E-state index in [0.717, 1.165) is 62.5 Å². The number of benzene rings is 8. The Hall–Kier alpha value is -7.38. The number of nitrogens with zero attached hydrogens (tertiary/aromatic N) is 3. The molecule has 4 aliphatic rings. The number of hydrogen-bond acceptors (Lipinski definition) is 5. The van der Waals surface area contributed by atoms with Gasteiger partial charge in [0, 0.05) is 39.0 Å². The van der Waals surface area contributed by atoms with Crippen LogP contribution in [-0.4, -0.2) is 11.4 Å². The number of rotatable bonds is 3. The van der Waals surface area contributed by atoms with Gasteiger partial charge in [0.2, 0.25) is 0 Å². The van der Waals surface area contributed by atoms with E-state index in [0.29, 0.717) is 0 Å². The molecule has 1 N–H and O–H groups in total. The third-order valence-electron chi connectivity index (χ3n) is 12.2. The molecule has 0 spiro atoms. The predicted molar refractivity (Wildman–Crippen MR) is 233 cm³/mol. The number of aryl methyl sites for hydroxylation is 1. The molecular weight excluding hydrogens is 699 g/mol. The highest BCUT2D eigenvalue weighted by Gasteiger charge is 2.46. The highest BCUT2D eigenvalue weighted by atomic mass is 16.5. The molecule has 0 saturated heterocycles. The van der Waals surface area contributed by atoms with E-state index in [1.807, 2.05) is 18.2 Å². The number of aromatic nitrogens is 1. The number of anilines is 6. The summed E-state index contributed by atoms with van der Waals surface area (Å²) in [6.45, 7) is 2.01. The summed E-state index contributed by atoms with van der Waals surface area (Å²) in [4.78, 5) is 4.97. The topological polar surface area (TPSA) is 41.9 Å². The lowest BCUT2D eigenvalue weighted by atomic mass is 9.44. The summed E-state index contributed by atoms with van der Waals surface area (Å²) >= 11 is 0. The van der Waals surface area contributed by atoms with Crippen molar-refractivity contribution in [2.45, 2.75) is 13.2 Å². The van der Waals surface area contributed by atoms with E-state index in [9.17, 15) is 0 Å². The van der Waals surface area contributed by atoms with E-state index in [1.54, 1.807) is 0 Å². The first-order chi connectivity index (χ1) is 28.2. The molecule has 0 fully saturated rings. The van der Waals surface area contributed by atoms with Gasteiger partial charge in [0.25, 0.3) is 0 Å². The molecular formula is C50H33BN4O2. The highest BCUT2D eigenvalue weighted by molar-refractivity contribution is 6.93. The third kappa shape index (κ3) is 4.20. The monoisotopic (exact) mass is 732 g/mol. The average Bonchev–Trinajstić information content (AvgIpc) is 3.85. The van der Waals surface area contributed by atoms with Crippen LogP contribution in [0.15, 0.2) is 170 Å². The molecule has 8 aromatic carbocycles. The van der Waals surface area contributed by atoms with Gasteiger partial charge in [-0.1, -0.05) is 109 Å². The van der Waals surface area contributed by atoms with Gasteiger partial charge >= 0.3 is 6.85 Å². The number of fused-ring (bicyclic) bond motifs is 11. The van der Waals surface area contributed by atoms with Gasteiger partial charge in [0.15, 0.2) is 17.7 Å².